The molecule has 0 aliphatic carbocycles. The van der Waals surface area contributed by atoms with Gasteiger partial charge in [0.05, 0.1) is 17.4 Å². The molecule has 1 rings (SSSR count). The Labute approximate surface area is 83.5 Å². The molecular formula is C10H15NOS. The van der Waals surface area contributed by atoms with Crippen molar-refractivity contribution in [2.24, 2.45) is 5.73 Å². The van der Waals surface area contributed by atoms with E-state index < -0.39 is 0 Å². The highest BCUT2D eigenvalue weighted by Crippen LogP contribution is 2.31. The van der Waals surface area contributed by atoms with Gasteiger partial charge in [-0.25, -0.2) is 0 Å². The first-order valence-corrected chi connectivity index (χ1v) is 5.08. The minimum absolute atomic E-state index is 0.0932. The highest BCUT2D eigenvalue weighted by Gasteiger charge is 2.05. The van der Waals surface area contributed by atoms with Gasteiger partial charge in [-0.2, -0.15) is 0 Å². The smallest absolute Gasteiger partial charge is 0.132 e. The average Bonchev–Trinajstić information content (AvgIpc) is 2.03. The maximum atomic E-state index is 5.71. The Morgan fingerprint density at radius 1 is 1.46 bits per heavy atom. The molecule has 0 amide bonds. The molecule has 1 aromatic carbocycles. The summed E-state index contributed by atoms with van der Waals surface area (Å²) in [5, 5.41) is 0.0932. The van der Waals surface area contributed by atoms with Gasteiger partial charge in [-0.05, 0) is 31.5 Å². The molecule has 3 heteroatoms. The minimum Gasteiger partial charge on any atom is -0.496 e. The molecule has 0 spiro atoms. The molecule has 0 heterocycles. The third-order valence-electron chi connectivity index (χ3n) is 1.63. The van der Waals surface area contributed by atoms with Crippen molar-refractivity contribution in [1.82, 2.24) is 0 Å². The summed E-state index contributed by atoms with van der Waals surface area (Å²) in [6.45, 7) is 4.02. The Kier molecular flexibility index (Phi) is 3.63. The first-order chi connectivity index (χ1) is 6.13. The van der Waals surface area contributed by atoms with Gasteiger partial charge in [-0.1, -0.05) is 6.07 Å². The summed E-state index contributed by atoms with van der Waals surface area (Å²) in [6.07, 6.45) is 0. The summed E-state index contributed by atoms with van der Waals surface area (Å²) in [5.74, 6) is 0.896. The van der Waals surface area contributed by atoms with E-state index in [4.69, 9.17) is 10.5 Å². The standard InChI is InChI=1S/C10H15NOS/c1-7-4-5-9(12-3)10(6-7)13-8(2)11/h4-6,8H,11H2,1-3H3. The van der Waals surface area contributed by atoms with Gasteiger partial charge in [0.25, 0.3) is 0 Å². The first-order valence-electron chi connectivity index (χ1n) is 4.20. The third kappa shape index (κ3) is 2.94. The largest absolute Gasteiger partial charge is 0.496 e. The zero-order valence-electron chi connectivity index (χ0n) is 8.20. The summed E-state index contributed by atoms with van der Waals surface area (Å²) in [4.78, 5) is 1.11. The molecule has 0 saturated heterocycles. The molecule has 0 saturated carbocycles. The van der Waals surface area contributed by atoms with Crippen molar-refractivity contribution in [1.29, 1.82) is 0 Å². The normalized spacial score (nSPS) is 12.6. The van der Waals surface area contributed by atoms with E-state index in [2.05, 4.69) is 13.0 Å². The van der Waals surface area contributed by atoms with Gasteiger partial charge in [0.15, 0.2) is 0 Å². The fourth-order valence-electron chi connectivity index (χ4n) is 1.08. The van der Waals surface area contributed by atoms with Crippen LogP contribution in [0.25, 0.3) is 0 Å². The van der Waals surface area contributed by atoms with E-state index in [1.54, 1.807) is 18.9 Å². The fourth-order valence-corrected chi connectivity index (χ4v) is 2.00. The molecule has 2 N–H and O–H groups in total. The minimum atomic E-state index is 0.0932. The van der Waals surface area contributed by atoms with Crippen molar-refractivity contribution in [3.63, 3.8) is 0 Å². The van der Waals surface area contributed by atoms with Crippen molar-refractivity contribution in [3.8, 4) is 5.75 Å². The molecule has 72 valence electrons. The maximum absolute atomic E-state index is 5.71. The quantitative estimate of drug-likeness (QED) is 0.597. The Bertz CT molecular complexity index is 286. The topological polar surface area (TPSA) is 35.2 Å². The zero-order chi connectivity index (χ0) is 9.84. The molecule has 1 aromatic rings. The van der Waals surface area contributed by atoms with E-state index in [1.807, 2.05) is 19.1 Å². The lowest BCUT2D eigenvalue weighted by atomic mass is 10.2. The molecule has 0 aliphatic rings. The molecule has 1 atom stereocenters. The van der Waals surface area contributed by atoms with E-state index in [9.17, 15) is 0 Å². The Hall–Kier alpha value is -0.670. The highest BCUT2D eigenvalue weighted by molar-refractivity contribution is 8.00. The maximum Gasteiger partial charge on any atom is 0.132 e. The van der Waals surface area contributed by atoms with Crippen LogP contribution in [0.2, 0.25) is 0 Å². The average molecular weight is 197 g/mol. The number of benzene rings is 1. The lowest BCUT2D eigenvalue weighted by Gasteiger charge is -2.10. The molecule has 0 fully saturated rings. The van der Waals surface area contributed by atoms with Crippen LogP contribution in [0.5, 0.6) is 5.75 Å². The van der Waals surface area contributed by atoms with Gasteiger partial charge in [0.2, 0.25) is 0 Å². The molecule has 1 unspecified atom stereocenters. The number of nitrogens with two attached hydrogens (primary N) is 1. The van der Waals surface area contributed by atoms with Crippen molar-refractivity contribution in [3.05, 3.63) is 23.8 Å². The van der Waals surface area contributed by atoms with Crippen LogP contribution >= 0.6 is 11.8 Å². The van der Waals surface area contributed by atoms with Crippen LogP contribution in [-0.2, 0) is 0 Å². The highest BCUT2D eigenvalue weighted by atomic mass is 32.2. The lowest BCUT2D eigenvalue weighted by molar-refractivity contribution is 0.404. The van der Waals surface area contributed by atoms with Crippen LogP contribution in [0.15, 0.2) is 23.1 Å². The van der Waals surface area contributed by atoms with Gasteiger partial charge in [-0.3, -0.25) is 0 Å². The van der Waals surface area contributed by atoms with Gasteiger partial charge >= 0.3 is 0 Å². The Morgan fingerprint density at radius 2 is 2.15 bits per heavy atom. The molecule has 2 nitrogen and oxygen atoms in total. The predicted octanol–water partition coefficient (Wildman–Crippen LogP) is 2.40. The number of rotatable bonds is 3. The van der Waals surface area contributed by atoms with E-state index in [-0.39, 0.29) is 5.37 Å². The van der Waals surface area contributed by atoms with E-state index in [1.165, 1.54) is 5.56 Å². The van der Waals surface area contributed by atoms with Crippen molar-refractivity contribution in [2.75, 3.05) is 7.11 Å². The van der Waals surface area contributed by atoms with Crippen LogP contribution in [0.3, 0.4) is 0 Å². The van der Waals surface area contributed by atoms with Crippen molar-refractivity contribution < 1.29 is 4.74 Å². The van der Waals surface area contributed by atoms with Gasteiger partial charge in [0, 0.05) is 0 Å². The Morgan fingerprint density at radius 3 is 2.69 bits per heavy atom. The van der Waals surface area contributed by atoms with Gasteiger partial charge < -0.3 is 10.5 Å². The van der Waals surface area contributed by atoms with E-state index in [0.717, 1.165) is 10.6 Å². The molecule has 0 bridgehead atoms. The van der Waals surface area contributed by atoms with Crippen LogP contribution < -0.4 is 10.5 Å². The van der Waals surface area contributed by atoms with Crippen LogP contribution in [0.4, 0.5) is 0 Å². The number of ether oxygens (including phenoxy) is 1. The number of methoxy groups -OCH3 is 1. The third-order valence-corrected chi connectivity index (χ3v) is 2.58. The predicted molar refractivity (Wildman–Crippen MR) is 57.2 cm³/mol. The summed E-state index contributed by atoms with van der Waals surface area (Å²) in [6, 6.07) is 6.09. The zero-order valence-corrected chi connectivity index (χ0v) is 9.02. The van der Waals surface area contributed by atoms with Crippen LogP contribution in [0.1, 0.15) is 12.5 Å². The van der Waals surface area contributed by atoms with Crippen LogP contribution in [-0.4, -0.2) is 12.5 Å². The van der Waals surface area contributed by atoms with E-state index in [0.29, 0.717) is 0 Å². The number of thioether (sulfide) groups is 1. The SMILES string of the molecule is COc1ccc(C)cc1SC(C)N. The second kappa shape index (κ2) is 4.53. The number of aryl methyl sites for hydroxylation is 1. The second-order valence-electron chi connectivity index (χ2n) is 2.98. The van der Waals surface area contributed by atoms with Crippen LogP contribution in [0, 0.1) is 6.92 Å². The first kappa shape index (κ1) is 10.4. The lowest BCUT2D eigenvalue weighted by Crippen LogP contribution is -2.09. The monoisotopic (exact) mass is 197 g/mol. The van der Waals surface area contributed by atoms with Crippen molar-refractivity contribution >= 4 is 11.8 Å². The second-order valence-corrected chi connectivity index (χ2v) is 4.40. The van der Waals surface area contributed by atoms with Gasteiger partial charge in [-0.15, -0.1) is 11.8 Å². The molecule has 0 aromatic heterocycles. The number of hydrogen-bond donors (Lipinski definition) is 1. The molecular weight excluding hydrogens is 182 g/mol. The van der Waals surface area contributed by atoms with Crippen molar-refractivity contribution in [2.45, 2.75) is 24.1 Å². The van der Waals surface area contributed by atoms with Gasteiger partial charge in [0.1, 0.15) is 5.75 Å². The summed E-state index contributed by atoms with van der Waals surface area (Å²) < 4.78 is 5.22. The number of hydrogen-bond acceptors (Lipinski definition) is 3. The molecule has 0 radical (unpaired) electrons. The van der Waals surface area contributed by atoms with E-state index >= 15 is 0 Å². The molecule has 13 heavy (non-hydrogen) atoms. The summed E-state index contributed by atoms with van der Waals surface area (Å²) >= 11 is 1.62. The summed E-state index contributed by atoms with van der Waals surface area (Å²) in [5.41, 5.74) is 6.93. The molecule has 0 aliphatic heterocycles. The summed E-state index contributed by atoms with van der Waals surface area (Å²) in [7, 11) is 1.68. The fraction of sp³-hybridized carbons (Fsp3) is 0.400. The Balaban J connectivity index is 2.94.